The van der Waals surface area contributed by atoms with Crippen LogP contribution in [0, 0.1) is 11.8 Å². The third-order valence-electron chi connectivity index (χ3n) is 5.09. The Hall–Kier alpha value is -3.59. The lowest BCUT2D eigenvalue weighted by Crippen LogP contribution is -2.40. The molecule has 1 aromatic carbocycles. The van der Waals surface area contributed by atoms with Crippen molar-refractivity contribution in [3.8, 4) is 17.0 Å². The highest BCUT2D eigenvalue weighted by molar-refractivity contribution is 6.31. The first-order valence-electron chi connectivity index (χ1n) is 9.56. The lowest BCUT2D eigenvalue weighted by atomic mass is 9.98. The van der Waals surface area contributed by atoms with Gasteiger partial charge in [0.25, 0.3) is 0 Å². The number of benzene rings is 1. The van der Waals surface area contributed by atoms with Gasteiger partial charge in [-0.05, 0) is 31.2 Å². The van der Waals surface area contributed by atoms with Gasteiger partial charge >= 0.3 is 0 Å². The molecule has 7 nitrogen and oxygen atoms in total. The van der Waals surface area contributed by atoms with Gasteiger partial charge in [-0.1, -0.05) is 17.7 Å². The molecule has 1 aliphatic heterocycles. The summed E-state index contributed by atoms with van der Waals surface area (Å²) in [5.74, 6) is -3.33. The van der Waals surface area contributed by atoms with Crippen molar-refractivity contribution in [3.05, 3.63) is 65.1 Å². The summed E-state index contributed by atoms with van der Waals surface area (Å²) in [5.41, 5.74) is 1.21. The molecule has 0 fully saturated rings. The number of rotatable bonds is 4. The molecule has 2 amide bonds. The summed E-state index contributed by atoms with van der Waals surface area (Å²) in [4.78, 5) is 35.3. The number of fused-ring (bicyclic) bond motifs is 3. The molecule has 4 rings (SSSR count). The zero-order chi connectivity index (χ0) is 23.0. The Morgan fingerprint density at radius 1 is 1.28 bits per heavy atom. The molecule has 3 aromatic rings. The molecule has 2 aromatic heterocycles. The molecule has 0 unspecified atom stereocenters. The summed E-state index contributed by atoms with van der Waals surface area (Å²) in [7, 11) is 1.32. The van der Waals surface area contributed by atoms with E-state index in [4.69, 9.17) is 16.3 Å². The molecule has 32 heavy (non-hydrogen) atoms. The van der Waals surface area contributed by atoms with Crippen LogP contribution in [0.1, 0.15) is 18.5 Å². The number of hydrogen-bond donors (Lipinski definition) is 1. The fraction of sp³-hybridized carbons (Fsp3) is 0.182. The van der Waals surface area contributed by atoms with Gasteiger partial charge in [0, 0.05) is 23.5 Å². The molecule has 0 bridgehead atoms. The van der Waals surface area contributed by atoms with Crippen LogP contribution < -0.4 is 15.0 Å². The molecule has 0 saturated carbocycles. The van der Waals surface area contributed by atoms with Crippen LogP contribution in [0.4, 0.5) is 20.2 Å². The van der Waals surface area contributed by atoms with E-state index in [0.717, 1.165) is 11.0 Å². The highest BCUT2D eigenvalue weighted by Crippen LogP contribution is 2.42. The number of nitrogens with zero attached hydrogens (tertiary/aromatic N) is 3. The van der Waals surface area contributed by atoms with E-state index in [-0.39, 0.29) is 27.8 Å². The van der Waals surface area contributed by atoms with Gasteiger partial charge in [0.15, 0.2) is 0 Å². The second kappa shape index (κ2) is 8.51. The number of hydrogen-bond acceptors (Lipinski definition) is 5. The fourth-order valence-electron chi connectivity index (χ4n) is 3.57. The smallest absolute Gasteiger partial charge is 0.244 e. The van der Waals surface area contributed by atoms with Crippen molar-refractivity contribution in [1.82, 2.24) is 9.97 Å². The monoisotopic (exact) mass is 458 g/mol. The molecule has 0 spiro atoms. The molecule has 1 atom stereocenters. The average Bonchev–Trinajstić information content (AvgIpc) is 2.86. The van der Waals surface area contributed by atoms with Crippen LogP contribution in [0.2, 0.25) is 5.02 Å². The van der Waals surface area contributed by atoms with Gasteiger partial charge < -0.3 is 15.0 Å². The third-order valence-corrected chi connectivity index (χ3v) is 5.38. The molecule has 1 N–H and O–H groups in total. The first-order chi connectivity index (χ1) is 15.3. The Labute approximate surface area is 187 Å². The van der Waals surface area contributed by atoms with E-state index in [1.807, 2.05) is 0 Å². The second-order valence-electron chi connectivity index (χ2n) is 7.11. The number of carbonyl (C=O) groups excluding carboxylic acids is 2. The normalized spacial score (nSPS) is 15.0. The summed E-state index contributed by atoms with van der Waals surface area (Å²) in [5, 5.41) is 2.41. The SMILES string of the molecule is COc1cc2c(c(F)n1)-c1cccnc1[C@H](C)C(=O)N2CC(=O)Nc1ccc(F)c(Cl)c1. The van der Waals surface area contributed by atoms with E-state index >= 15 is 4.39 Å². The fourth-order valence-corrected chi connectivity index (χ4v) is 3.75. The minimum atomic E-state index is -0.855. The van der Waals surface area contributed by atoms with Crippen molar-refractivity contribution in [3.63, 3.8) is 0 Å². The zero-order valence-corrected chi connectivity index (χ0v) is 17.8. The molecule has 0 radical (unpaired) electrons. The third kappa shape index (κ3) is 3.87. The van der Waals surface area contributed by atoms with Crippen molar-refractivity contribution in [2.24, 2.45) is 0 Å². The standard InChI is InChI=1S/C22H17ClF2N4O3/c1-11-20-13(4-3-7-26-20)19-16(9-18(32-2)28-21(19)25)29(22(11)31)10-17(30)27-12-5-6-15(24)14(23)8-12/h3-9,11H,10H2,1-2H3,(H,27,30)/t11-/m0/s1. The second-order valence-corrected chi connectivity index (χ2v) is 7.52. The van der Waals surface area contributed by atoms with Crippen molar-refractivity contribution >= 4 is 34.8 Å². The van der Waals surface area contributed by atoms with E-state index < -0.39 is 36.0 Å². The first kappa shape index (κ1) is 21.6. The summed E-state index contributed by atoms with van der Waals surface area (Å²) in [6.07, 6.45) is 1.51. The van der Waals surface area contributed by atoms with Gasteiger partial charge in [-0.25, -0.2) is 4.39 Å². The average molecular weight is 459 g/mol. The number of halogens is 3. The lowest BCUT2D eigenvalue weighted by Gasteiger charge is -2.24. The molecule has 1 aliphatic rings. The molecule has 0 saturated heterocycles. The van der Waals surface area contributed by atoms with Crippen molar-refractivity contribution < 1.29 is 23.1 Å². The minimum absolute atomic E-state index is 0.0456. The number of aromatic nitrogens is 2. The van der Waals surface area contributed by atoms with Crippen molar-refractivity contribution in [2.45, 2.75) is 12.8 Å². The van der Waals surface area contributed by atoms with E-state index in [1.54, 1.807) is 19.1 Å². The van der Waals surface area contributed by atoms with E-state index in [9.17, 15) is 14.0 Å². The summed E-state index contributed by atoms with van der Waals surface area (Å²) in [6, 6.07) is 8.37. The molecule has 3 heterocycles. The largest absolute Gasteiger partial charge is 0.481 e. The molecular formula is C22H17ClF2N4O3. The van der Waals surface area contributed by atoms with Crippen LogP contribution in [0.3, 0.4) is 0 Å². The van der Waals surface area contributed by atoms with Crippen LogP contribution in [-0.2, 0) is 9.59 Å². The molecule has 10 heteroatoms. The maximum absolute atomic E-state index is 15.1. The maximum Gasteiger partial charge on any atom is 0.244 e. The van der Waals surface area contributed by atoms with E-state index in [0.29, 0.717) is 11.3 Å². The number of anilines is 2. The van der Waals surface area contributed by atoms with Crippen LogP contribution in [0.15, 0.2) is 42.6 Å². The zero-order valence-electron chi connectivity index (χ0n) is 17.0. The van der Waals surface area contributed by atoms with Crippen LogP contribution >= 0.6 is 11.6 Å². The Kier molecular flexibility index (Phi) is 5.75. The highest BCUT2D eigenvalue weighted by atomic mass is 35.5. The molecule has 164 valence electrons. The van der Waals surface area contributed by atoms with Gasteiger partial charge in [-0.2, -0.15) is 9.37 Å². The number of ether oxygens (including phenoxy) is 1. The highest BCUT2D eigenvalue weighted by Gasteiger charge is 2.35. The number of amides is 2. The Balaban J connectivity index is 1.77. The van der Waals surface area contributed by atoms with Crippen LogP contribution in [-0.4, -0.2) is 35.4 Å². The number of nitrogens with one attached hydrogen (secondary N) is 1. The Morgan fingerprint density at radius 3 is 2.78 bits per heavy atom. The van der Waals surface area contributed by atoms with Gasteiger partial charge in [0.1, 0.15) is 12.4 Å². The summed E-state index contributed by atoms with van der Waals surface area (Å²) < 4.78 is 33.5. The predicted octanol–water partition coefficient (Wildman–Crippen LogP) is 4.17. The van der Waals surface area contributed by atoms with E-state index in [1.165, 1.54) is 31.5 Å². The Morgan fingerprint density at radius 2 is 2.06 bits per heavy atom. The van der Waals surface area contributed by atoms with Crippen LogP contribution in [0.5, 0.6) is 5.88 Å². The lowest BCUT2D eigenvalue weighted by molar-refractivity contribution is -0.122. The van der Waals surface area contributed by atoms with Gasteiger partial charge in [0.2, 0.25) is 23.6 Å². The quantitative estimate of drug-likeness (QED) is 0.593. The topological polar surface area (TPSA) is 84.4 Å². The van der Waals surface area contributed by atoms with Gasteiger partial charge in [-0.15, -0.1) is 0 Å². The predicted molar refractivity (Wildman–Crippen MR) is 115 cm³/mol. The summed E-state index contributed by atoms with van der Waals surface area (Å²) >= 11 is 5.76. The summed E-state index contributed by atoms with van der Waals surface area (Å²) in [6.45, 7) is 1.19. The number of carbonyl (C=O) groups is 2. The molecule has 0 aliphatic carbocycles. The maximum atomic E-state index is 15.1. The minimum Gasteiger partial charge on any atom is -0.481 e. The van der Waals surface area contributed by atoms with Gasteiger partial charge in [-0.3, -0.25) is 14.6 Å². The molecular weight excluding hydrogens is 442 g/mol. The van der Waals surface area contributed by atoms with E-state index in [2.05, 4.69) is 15.3 Å². The first-order valence-corrected chi connectivity index (χ1v) is 9.94. The van der Waals surface area contributed by atoms with Crippen molar-refractivity contribution in [1.29, 1.82) is 0 Å². The van der Waals surface area contributed by atoms with Crippen molar-refractivity contribution in [2.75, 3.05) is 23.9 Å². The van der Waals surface area contributed by atoms with Gasteiger partial charge in [0.05, 0.1) is 35.0 Å². The number of pyridine rings is 2. The number of methoxy groups -OCH3 is 1. The van der Waals surface area contributed by atoms with Crippen LogP contribution in [0.25, 0.3) is 11.1 Å². The Bertz CT molecular complexity index is 1240.